The molecule has 0 aliphatic carbocycles. The van der Waals surface area contributed by atoms with Gasteiger partial charge in [0.2, 0.25) is 0 Å². The van der Waals surface area contributed by atoms with E-state index in [4.69, 9.17) is 5.11 Å². The molecule has 0 aromatic carbocycles. The summed E-state index contributed by atoms with van der Waals surface area (Å²) in [5.41, 5.74) is -0.222. The fraction of sp³-hybridized carbons (Fsp3) is 0.500. The molecule has 100 valence electrons. The van der Waals surface area contributed by atoms with Crippen LogP contribution < -0.4 is 5.32 Å². The largest absolute Gasteiger partial charge is 0.478 e. The zero-order valence-corrected chi connectivity index (χ0v) is 10.5. The van der Waals surface area contributed by atoms with Gasteiger partial charge in [-0.1, -0.05) is 6.92 Å². The number of anilines is 1. The Morgan fingerprint density at radius 1 is 1.39 bits per heavy atom. The molecule has 0 radical (unpaired) electrons. The minimum atomic E-state index is -1.04. The number of aromatic carboxylic acids is 1. The summed E-state index contributed by atoms with van der Waals surface area (Å²) in [5, 5.41) is 30.5. The normalized spacial score (nSPS) is 11.3. The molecule has 6 nitrogen and oxygen atoms in total. The fourth-order valence-corrected chi connectivity index (χ4v) is 1.57. The Labute approximate surface area is 105 Å². The Morgan fingerprint density at radius 3 is 2.44 bits per heavy atom. The molecule has 0 aliphatic heterocycles. The number of pyridine rings is 1. The number of hydrogen-bond donors (Lipinski definition) is 4. The van der Waals surface area contributed by atoms with Gasteiger partial charge in [-0.2, -0.15) is 0 Å². The number of aliphatic hydroxyl groups excluding tert-OH is 2. The third-order valence-electron chi connectivity index (χ3n) is 2.88. The topological polar surface area (TPSA) is 103 Å². The molecule has 1 aromatic rings. The van der Waals surface area contributed by atoms with Gasteiger partial charge in [0.1, 0.15) is 5.82 Å². The van der Waals surface area contributed by atoms with Crippen LogP contribution in [-0.2, 0) is 0 Å². The molecule has 1 rings (SSSR count). The molecule has 6 heteroatoms. The highest BCUT2D eigenvalue weighted by Crippen LogP contribution is 2.18. The first-order valence-corrected chi connectivity index (χ1v) is 5.68. The quantitative estimate of drug-likeness (QED) is 0.594. The first-order valence-electron chi connectivity index (χ1n) is 5.68. The van der Waals surface area contributed by atoms with Crippen LogP contribution in [0.2, 0.25) is 0 Å². The lowest BCUT2D eigenvalue weighted by Gasteiger charge is -2.30. The zero-order chi connectivity index (χ0) is 13.8. The predicted molar refractivity (Wildman–Crippen MR) is 66.7 cm³/mol. The molecule has 1 aromatic heterocycles. The molecule has 18 heavy (non-hydrogen) atoms. The summed E-state index contributed by atoms with van der Waals surface area (Å²) in [5.74, 6) is -0.712. The van der Waals surface area contributed by atoms with Crippen molar-refractivity contribution in [3.8, 4) is 0 Å². The van der Waals surface area contributed by atoms with Crippen molar-refractivity contribution >= 4 is 11.8 Å². The van der Waals surface area contributed by atoms with Gasteiger partial charge < -0.3 is 20.6 Å². The number of carbonyl (C=O) groups is 1. The second-order valence-electron chi connectivity index (χ2n) is 4.26. The molecule has 0 aliphatic rings. The van der Waals surface area contributed by atoms with Crippen molar-refractivity contribution in [3.05, 3.63) is 23.4 Å². The second kappa shape index (κ2) is 5.79. The highest BCUT2D eigenvalue weighted by molar-refractivity contribution is 5.88. The maximum atomic E-state index is 10.9. The SMILES string of the molecule is CCC(CO)(CO)Nc1cc(C(=O)O)cc(C)n1. The van der Waals surface area contributed by atoms with E-state index >= 15 is 0 Å². The standard InChI is InChI=1S/C12H18N2O4/c1-3-12(6-15,7-16)14-10-5-9(11(17)18)4-8(2)13-10/h4-5,15-16H,3,6-7H2,1-2H3,(H,13,14)(H,17,18). The Hall–Kier alpha value is -1.66. The minimum absolute atomic E-state index is 0.117. The van der Waals surface area contributed by atoms with Crippen LogP contribution in [-0.4, -0.2) is 45.0 Å². The van der Waals surface area contributed by atoms with Crippen molar-refractivity contribution in [2.24, 2.45) is 0 Å². The lowest BCUT2D eigenvalue weighted by atomic mass is 9.98. The molecule has 4 N–H and O–H groups in total. The monoisotopic (exact) mass is 254 g/mol. The number of carboxylic acids is 1. The van der Waals surface area contributed by atoms with Crippen LogP contribution in [0.5, 0.6) is 0 Å². The molecule has 0 fully saturated rings. The molecule has 1 heterocycles. The van der Waals surface area contributed by atoms with Crippen molar-refractivity contribution in [1.82, 2.24) is 4.98 Å². The van der Waals surface area contributed by atoms with Crippen LogP contribution in [0, 0.1) is 6.92 Å². The molecule has 0 saturated carbocycles. The number of nitrogens with one attached hydrogen (secondary N) is 1. The molecule has 0 amide bonds. The van der Waals surface area contributed by atoms with Crippen LogP contribution in [0.3, 0.4) is 0 Å². The van der Waals surface area contributed by atoms with Gasteiger partial charge in [0.15, 0.2) is 0 Å². The van der Waals surface area contributed by atoms with Gasteiger partial charge in [-0.05, 0) is 25.5 Å². The summed E-state index contributed by atoms with van der Waals surface area (Å²) in [7, 11) is 0. The van der Waals surface area contributed by atoms with Crippen molar-refractivity contribution in [1.29, 1.82) is 0 Å². The Morgan fingerprint density at radius 2 is 2.00 bits per heavy atom. The van der Waals surface area contributed by atoms with Gasteiger partial charge in [-0.25, -0.2) is 9.78 Å². The van der Waals surface area contributed by atoms with Crippen molar-refractivity contribution in [2.45, 2.75) is 25.8 Å². The zero-order valence-electron chi connectivity index (χ0n) is 10.5. The van der Waals surface area contributed by atoms with Crippen LogP contribution in [0.1, 0.15) is 29.4 Å². The minimum Gasteiger partial charge on any atom is -0.478 e. The van der Waals surface area contributed by atoms with E-state index in [0.717, 1.165) is 0 Å². The van der Waals surface area contributed by atoms with E-state index in [1.165, 1.54) is 12.1 Å². The van der Waals surface area contributed by atoms with Gasteiger partial charge in [-0.3, -0.25) is 0 Å². The fourth-order valence-electron chi connectivity index (χ4n) is 1.57. The number of aryl methyl sites for hydroxylation is 1. The van der Waals surface area contributed by atoms with Crippen LogP contribution >= 0.6 is 0 Å². The van der Waals surface area contributed by atoms with Gasteiger partial charge >= 0.3 is 5.97 Å². The first-order chi connectivity index (χ1) is 8.46. The number of aliphatic hydroxyl groups is 2. The van der Waals surface area contributed by atoms with E-state index in [1.54, 1.807) is 6.92 Å². The van der Waals surface area contributed by atoms with E-state index in [9.17, 15) is 15.0 Å². The number of aromatic nitrogens is 1. The Kier molecular flexibility index (Phi) is 4.63. The lowest BCUT2D eigenvalue weighted by molar-refractivity contribution is 0.0696. The van der Waals surface area contributed by atoms with E-state index in [0.29, 0.717) is 17.9 Å². The summed E-state index contributed by atoms with van der Waals surface area (Å²) < 4.78 is 0. The highest BCUT2D eigenvalue weighted by Gasteiger charge is 2.27. The molecule has 0 bridgehead atoms. The average Bonchev–Trinajstić information content (AvgIpc) is 2.35. The molecule has 0 unspecified atom stereocenters. The number of hydrogen-bond acceptors (Lipinski definition) is 5. The molecular weight excluding hydrogens is 236 g/mol. The van der Waals surface area contributed by atoms with Gasteiger partial charge in [-0.15, -0.1) is 0 Å². The Bertz CT molecular complexity index is 422. The predicted octanol–water partition coefficient (Wildman–Crippen LogP) is 0.634. The highest BCUT2D eigenvalue weighted by atomic mass is 16.4. The maximum absolute atomic E-state index is 10.9. The summed E-state index contributed by atoms with van der Waals surface area (Å²) in [6, 6.07) is 2.84. The van der Waals surface area contributed by atoms with Crippen LogP contribution in [0.4, 0.5) is 5.82 Å². The number of carboxylic acid groups (broad SMARTS) is 1. The number of nitrogens with zero attached hydrogens (tertiary/aromatic N) is 1. The van der Waals surface area contributed by atoms with E-state index in [-0.39, 0.29) is 18.8 Å². The lowest BCUT2D eigenvalue weighted by Crippen LogP contribution is -2.45. The van der Waals surface area contributed by atoms with Crippen molar-refractivity contribution in [3.63, 3.8) is 0 Å². The number of rotatable bonds is 6. The summed E-state index contributed by atoms with van der Waals surface area (Å²) in [6.07, 6.45) is 0.484. The summed E-state index contributed by atoms with van der Waals surface area (Å²) in [4.78, 5) is 15.1. The maximum Gasteiger partial charge on any atom is 0.335 e. The van der Waals surface area contributed by atoms with Crippen molar-refractivity contribution in [2.75, 3.05) is 18.5 Å². The smallest absolute Gasteiger partial charge is 0.335 e. The van der Waals surface area contributed by atoms with E-state index in [2.05, 4.69) is 10.3 Å². The third kappa shape index (κ3) is 3.18. The third-order valence-corrected chi connectivity index (χ3v) is 2.88. The van der Waals surface area contributed by atoms with Gasteiger partial charge in [0.05, 0.1) is 24.3 Å². The summed E-state index contributed by atoms with van der Waals surface area (Å²) in [6.45, 7) is 2.96. The van der Waals surface area contributed by atoms with Crippen LogP contribution in [0.25, 0.3) is 0 Å². The molecular formula is C12H18N2O4. The molecule has 0 atom stereocenters. The molecule has 0 saturated heterocycles. The summed E-state index contributed by atoms with van der Waals surface area (Å²) >= 11 is 0. The first kappa shape index (κ1) is 14.4. The van der Waals surface area contributed by atoms with Crippen molar-refractivity contribution < 1.29 is 20.1 Å². The van der Waals surface area contributed by atoms with E-state index < -0.39 is 11.5 Å². The second-order valence-corrected chi connectivity index (χ2v) is 4.26. The molecule has 0 spiro atoms. The average molecular weight is 254 g/mol. The van der Waals surface area contributed by atoms with Crippen LogP contribution in [0.15, 0.2) is 12.1 Å². The Balaban J connectivity index is 3.06. The van der Waals surface area contributed by atoms with Gasteiger partial charge in [0.25, 0.3) is 0 Å². The van der Waals surface area contributed by atoms with Gasteiger partial charge in [0, 0.05) is 5.69 Å². The van der Waals surface area contributed by atoms with E-state index in [1.807, 2.05) is 6.92 Å².